The first kappa shape index (κ1) is 9.15. The molecule has 1 aliphatic rings. The first-order valence-corrected chi connectivity index (χ1v) is 4.70. The molecular formula is C10H12N2O2. The second-order valence-corrected chi connectivity index (χ2v) is 3.43. The van der Waals surface area contributed by atoms with E-state index in [1.165, 1.54) is 0 Å². The lowest BCUT2D eigenvalue weighted by Crippen LogP contribution is -2.13. The van der Waals surface area contributed by atoms with E-state index in [-0.39, 0.29) is 5.69 Å². The Hall–Kier alpha value is -1.42. The maximum atomic E-state index is 10.7. The number of aromatic nitrogens is 1. The van der Waals surface area contributed by atoms with Gasteiger partial charge in [-0.05, 0) is 37.1 Å². The SMILES string of the molecule is O=C(O)c1cc(C2CCCN2)ccn1. The van der Waals surface area contributed by atoms with Crippen molar-refractivity contribution in [1.29, 1.82) is 0 Å². The zero-order valence-corrected chi connectivity index (χ0v) is 7.73. The fourth-order valence-electron chi connectivity index (χ4n) is 1.75. The summed E-state index contributed by atoms with van der Waals surface area (Å²) in [6.45, 7) is 1.01. The van der Waals surface area contributed by atoms with Crippen molar-refractivity contribution < 1.29 is 9.90 Å². The molecule has 0 saturated carbocycles. The summed E-state index contributed by atoms with van der Waals surface area (Å²) in [5.41, 5.74) is 1.14. The standard InChI is InChI=1S/C10H12N2O2/c13-10(14)9-6-7(3-5-12-9)8-2-1-4-11-8/h3,5-6,8,11H,1-2,4H2,(H,13,14). The molecule has 2 N–H and O–H groups in total. The number of nitrogens with zero attached hydrogens (tertiary/aromatic N) is 1. The van der Waals surface area contributed by atoms with Crippen LogP contribution in [0.1, 0.15) is 34.9 Å². The van der Waals surface area contributed by atoms with Crippen LogP contribution in [0.3, 0.4) is 0 Å². The highest BCUT2D eigenvalue weighted by atomic mass is 16.4. The number of hydrogen-bond acceptors (Lipinski definition) is 3. The molecule has 2 heterocycles. The summed E-state index contributed by atoms with van der Waals surface area (Å²) >= 11 is 0. The average molecular weight is 192 g/mol. The van der Waals surface area contributed by atoms with Gasteiger partial charge in [0, 0.05) is 12.2 Å². The molecule has 0 radical (unpaired) electrons. The molecule has 4 nitrogen and oxygen atoms in total. The Bertz CT molecular complexity index is 346. The van der Waals surface area contributed by atoms with E-state index in [9.17, 15) is 4.79 Å². The highest BCUT2D eigenvalue weighted by Gasteiger charge is 2.17. The molecule has 1 atom stereocenters. The second-order valence-electron chi connectivity index (χ2n) is 3.43. The van der Waals surface area contributed by atoms with E-state index in [1.807, 2.05) is 6.07 Å². The van der Waals surface area contributed by atoms with E-state index in [0.717, 1.165) is 24.9 Å². The van der Waals surface area contributed by atoms with Crippen LogP contribution < -0.4 is 5.32 Å². The van der Waals surface area contributed by atoms with E-state index in [1.54, 1.807) is 12.3 Å². The molecule has 1 saturated heterocycles. The highest BCUT2D eigenvalue weighted by Crippen LogP contribution is 2.22. The maximum Gasteiger partial charge on any atom is 0.354 e. The molecule has 0 bridgehead atoms. The molecule has 0 spiro atoms. The lowest BCUT2D eigenvalue weighted by Gasteiger charge is -2.10. The van der Waals surface area contributed by atoms with Gasteiger partial charge in [0.2, 0.25) is 0 Å². The summed E-state index contributed by atoms with van der Waals surface area (Å²) < 4.78 is 0. The largest absolute Gasteiger partial charge is 0.477 e. The number of nitrogens with one attached hydrogen (secondary N) is 1. The number of pyridine rings is 1. The Balaban J connectivity index is 2.25. The quantitative estimate of drug-likeness (QED) is 0.739. The summed E-state index contributed by atoms with van der Waals surface area (Å²) in [5.74, 6) is -0.968. The molecule has 4 heteroatoms. The Labute approximate surface area is 82.0 Å². The van der Waals surface area contributed by atoms with Gasteiger partial charge in [0.05, 0.1) is 0 Å². The number of hydrogen-bond donors (Lipinski definition) is 2. The first-order valence-electron chi connectivity index (χ1n) is 4.70. The number of aromatic carboxylic acids is 1. The first-order chi connectivity index (χ1) is 6.77. The third kappa shape index (κ3) is 1.75. The van der Waals surface area contributed by atoms with Crippen LogP contribution in [0.5, 0.6) is 0 Å². The molecule has 0 aromatic carbocycles. The van der Waals surface area contributed by atoms with E-state index in [2.05, 4.69) is 10.3 Å². The molecule has 1 aromatic rings. The normalized spacial score (nSPS) is 21.0. The van der Waals surface area contributed by atoms with Crippen LogP contribution in [0.4, 0.5) is 0 Å². The van der Waals surface area contributed by atoms with Gasteiger partial charge in [-0.15, -0.1) is 0 Å². The Morgan fingerprint density at radius 2 is 2.50 bits per heavy atom. The van der Waals surface area contributed by atoms with Gasteiger partial charge in [-0.1, -0.05) is 0 Å². The van der Waals surface area contributed by atoms with Crippen molar-refractivity contribution in [2.75, 3.05) is 6.54 Å². The zero-order valence-electron chi connectivity index (χ0n) is 7.73. The Morgan fingerprint density at radius 1 is 1.64 bits per heavy atom. The second kappa shape index (κ2) is 3.75. The van der Waals surface area contributed by atoms with Crippen molar-refractivity contribution >= 4 is 5.97 Å². The molecule has 1 unspecified atom stereocenters. The van der Waals surface area contributed by atoms with Crippen molar-refractivity contribution in [1.82, 2.24) is 10.3 Å². The summed E-state index contributed by atoms with van der Waals surface area (Å²) in [6, 6.07) is 3.82. The lowest BCUT2D eigenvalue weighted by atomic mass is 10.1. The van der Waals surface area contributed by atoms with Gasteiger partial charge in [-0.25, -0.2) is 9.78 Å². The van der Waals surface area contributed by atoms with Crippen LogP contribution in [0.25, 0.3) is 0 Å². The molecule has 2 rings (SSSR count). The van der Waals surface area contributed by atoms with Crippen molar-refractivity contribution in [2.45, 2.75) is 18.9 Å². The van der Waals surface area contributed by atoms with Crippen molar-refractivity contribution in [3.63, 3.8) is 0 Å². The van der Waals surface area contributed by atoms with Gasteiger partial charge >= 0.3 is 5.97 Å². The van der Waals surface area contributed by atoms with Gasteiger partial charge in [-0.2, -0.15) is 0 Å². The number of carbonyl (C=O) groups is 1. The zero-order chi connectivity index (χ0) is 9.97. The monoisotopic (exact) mass is 192 g/mol. The topological polar surface area (TPSA) is 62.2 Å². The molecule has 1 aliphatic heterocycles. The molecule has 14 heavy (non-hydrogen) atoms. The summed E-state index contributed by atoms with van der Waals surface area (Å²) in [5, 5.41) is 12.1. The minimum Gasteiger partial charge on any atom is -0.477 e. The van der Waals surface area contributed by atoms with E-state index < -0.39 is 5.97 Å². The van der Waals surface area contributed by atoms with Gasteiger partial charge in [0.1, 0.15) is 5.69 Å². The van der Waals surface area contributed by atoms with E-state index in [4.69, 9.17) is 5.11 Å². The molecule has 1 fully saturated rings. The smallest absolute Gasteiger partial charge is 0.354 e. The predicted octanol–water partition coefficient (Wildman–Crippen LogP) is 1.20. The Kier molecular flexibility index (Phi) is 2.45. The average Bonchev–Trinajstić information content (AvgIpc) is 2.71. The molecular weight excluding hydrogens is 180 g/mol. The van der Waals surface area contributed by atoms with Crippen LogP contribution in [-0.2, 0) is 0 Å². The van der Waals surface area contributed by atoms with Gasteiger partial charge < -0.3 is 10.4 Å². The van der Waals surface area contributed by atoms with Gasteiger partial charge in [0.25, 0.3) is 0 Å². The molecule has 0 aliphatic carbocycles. The highest BCUT2D eigenvalue weighted by molar-refractivity contribution is 5.85. The van der Waals surface area contributed by atoms with Gasteiger partial charge in [-0.3, -0.25) is 0 Å². The minimum atomic E-state index is -0.968. The number of carboxylic acids is 1. The fraction of sp³-hybridized carbons (Fsp3) is 0.400. The number of carboxylic acid groups (broad SMARTS) is 1. The summed E-state index contributed by atoms with van der Waals surface area (Å²) in [4.78, 5) is 14.5. The summed E-state index contributed by atoms with van der Waals surface area (Å²) in [7, 11) is 0. The minimum absolute atomic E-state index is 0.121. The van der Waals surface area contributed by atoms with Crippen LogP contribution >= 0.6 is 0 Å². The third-order valence-electron chi connectivity index (χ3n) is 2.47. The third-order valence-corrected chi connectivity index (χ3v) is 2.47. The number of rotatable bonds is 2. The van der Waals surface area contributed by atoms with Crippen LogP contribution in [0.15, 0.2) is 18.3 Å². The molecule has 0 amide bonds. The van der Waals surface area contributed by atoms with Crippen LogP contribution in [0.2, 0.25) is 0 Å². The van der Waals surface area contributed by atoms with E-state index >= 15 is 0 Å². The van der Waals surface area contributed by atoms with Crippen molar-refractivity contribution in [2.24, 2.45) is 0 Å². The molecule has 74 valence electrons. The lowest BCUT2D eigenvalue weighted by molar-refractivity contribution is 0.0690. The summed E-state index contributed by atoms with van der Waals surface area (Å²) in [6.07, 6.45) is 3.78. The predicted molar refractivity (Wildman–Crippen MR) is 51.2 cm³/mol. The van der Waals surface area contributed by atoms with Crippen molar-refractivity contribution in [3.8, 4) is 0 Å². The van der Waals surface area contributed by atoms with Gasteiger partial charge in [0.15, 0.2) is 0 Å². The van der Waals surface area contributed by atoms with E-state index in [0.29, 0.717) is 6.04 Å². The van der Waals surface area contributed by atoms with Crippen molar-refractivity contribution in [3.05, 3.63) is 29.6 Å². The van der Waals surface area contributed by atoms with Crippen LogP contribution in [0, 0.1) is 0 Å². The Morgan fingerprint density at radius 3 is 3.14 bits per heavy atom. The molecule has 1 aromatic heterocycles. The maximum absolute atomic E-state index is 10.7. The fourth-order valence-corrected chi connectivity index (χ4v) is 1.75. The van der Waals surface area contributed by atoms with Crippen LogP contribution in [-0.4, -0.2) is 22.6 Å².